The number of pyridine rings is 2. The first-order chi connectivity index (χ1) is 12.8. The van der Waals surface area contributed by atoms with Crippen molar-refractivity contribution in [2.24, 2.45) is 0 Å². The molecule has 0 aromatic carbocycles. The van der Waals surface area contributed by atoms with Gasteiger partial charge in [0.2, 0.25) is 0 Å². The fourth-order valence-electron chi connectivity index (χ4n) is 4.10. The summed E-state index contributed by atoms with van der Waals surface area (Å²) in [5.74, 6) is 0.887. The van der Waals surface area contributed by atoms with Crippen LogP contribution >= 0.6 is 11.3 Å². The summed E-state index contributed by atoms with van der Waals surface area (Å²) in [4.78, 5) is 23.6. The molecule has 0 saturated carbocycles. The van der Waals surface area contributed by atoms with E-state index in [1.165, 1.54) is 29.7 Å². The molecule has 0 spiro atoms. The summed E-state index contributed by atoms with van der Waals surface area (Å²) in [6.45, 7) is 3.76. The lowest BCUT2D eigenvalue weighted by Gasteiger charge is -2.17. The van der Waals surface area contributed by atoms with E-state index in [0.717, 1.165) is 64.4 Å². The maximum Gasteiger partial charge on any atom is 0.266 e. The Balaban J connectivity index is 1.72. The Morgan fingerprint density at radius 2 is 2.00 bits per heavy atom. The first kappa shape index (κ1) is 16.0. The highest BCUT2D eigenvalue weighted by atomic mass is 32.1. The Morgan fingerprint density at radius 3 is 2.81 bits per heavy atom. The van der Waals surface area contributed by atoms with E-state index in [9.17, 15) is 4.79 Å². The Labute approximate surface area is 155 Å². The van der Waals surface area contributed by atoms with Crippen molar-refractivity contribution < 1.29 is 4.74 Å². The average Bonchev–Trinajstić information content (AvgIpc) is 3.25. The summed E-state index contributed by atoms with van der Waals surface area (Å²) in [6.07, 6.45) is 8.00. The number of aryl methyl sites for hydroxylation is 1. The molecule has 0 atom stereocenters. The van der Waals surface area contributed by atoms with Crippen molar-refractivity contribution in [1.82, 2.24) is 14.9 Å². The SMILES string of the molecule is O=c1[nH]c(CN2CCCC2)c2c3c(c(-c4ccncc4)sc13)OCCC2. The number of nitrogens with one attached hydrogen (secondary N) is 1. The monoisotopic (exact) mass is 367 g/mol. The molecule has 2 aliphatic heterocycles. The zero-order chi connectivity index (χ0) is 17.5. The number of ether oxygens (including phenoxy) is 1. The van der Waals surface area contributed by atoms with E-state index in [0.29, 0.717) is 6.61 Å². The molecule has 0 bridgehead atoms. The van der Waals surface area contributed by atoms with Crippen molar-refractivity contribution in [3.05, 3.63) is 46.1 Å². The van der Waals surface area contributed by atoms with E-state index in [2.05, 4.69) is 14.9 Å². The molecule has 1 fully saturated rings. The third kappa shape index (κ3) is 2.64. The van der Waals surface area contributed by atoms with Gasteiger partial charge in [-0.2, -0.15) is 0 Å². The lowest BCUT2D eigenvalue weighted by molar-refractivity contribution is 0.319. The highest BCUT2D eigenvalue weighted by Crippen LogP contribution is 2.46. The maximum absolute atomic E-state index is 12.8. The van der Waals surface area contributed by atoms with Crippen LogP contribution in [0.2, 0.25) is 0 Å². The number of nitrogens with zero attached hydrogens (tertiary/aromatic N) is 2. The van der Waals surface area contributed by atoms with Crippen molar-refractivity contribution in [1.29, 1.82) is 0 Å². The quantitative estimate of drug-likeness (QED) is 0.769. The van der Waals surface area contributed by atoms with Crippen LogP contribution in [0.25, 0.3) is 20.5 Å². The molecular formula is C20H21N3O2S. The Kier molecular flexibility index (Phi) is 4.02. The molecule has 0 aliphatic carbocycles. The second kappa shape index (κ2) is 6.52. The Morgan fingerprint density at radius 1 is 1.19 bits per heavy atom. The van der Waals surface area contributed by atoms with Crippen LogP contribution in [-0.2, 0) is 13.0 Å². The van der Waals surface area contributed by atoms with Gasteiger partial charge in [0.05, 0.1) is 11.5 Å². The van der Waals surface area contributed by atoms with E-state index in [4.69, 9.17) is 4.74 Å². The number of aromatic amines is 1. The zero-order valence-corrected chi connectivity index (χ0v) is 15.4. The minimum atomic E-state index is 0.00926. The minimum Gasteiger partial charge on any atom is -0.491 e. The molecule has 26 heavy (non-hydrogen) atoms. The van der Waals surface area contributed by atoms with E-state index in [1.54, 1.807) is 12.4 Å². The van der Waals surface area contributed by atoms with Gasteiger partial charge in [-0.1, -0.05) is 0 Å². The fourth-order valence-corrected chi connectivity index (χ4v) is 5.27. The molecule has 3 aromatic rings. The van der Waals surface area contributed by atoms with Crippen LogP contribution in [0.15, 0.2) is 29.3 Å². The molecule has 1 saturated heterocycles. The molecule has 0 radical (unpaired) electrons. The van der Waals surface area contributed by atoms with Gasteiger partial charge in [0, 0.05) is 30.0 Å². The average molecular weight is 367 g/mol. The Bertz CT molecular complexity index is 1000. The summed E-state index contributed by atoms with van der Waals surface area (Å²) in [5.41, 5.74) is 3.42. The smallest absolute Gasteiger partial charge is 0.266 e. The van der Waals surface area contributed by atoms with E-state index in [-0.39, 0.29) is 5.56 Å². The fraction of sp³-hybridized carbons (Fsp3) is 0.400. The summed E-state index contributed by atoms with van der Waals surface area (Å²) in [7, 11) is 0. The standard InChI is InChI=1S/C20H21N3O2S/c24-20-19-16-14(15(22-20)12-23-9-1-2-10-23)4-3-11-25-17(16)18(26-19)13-5-7-21-8-6-13/h5-8H,1-4,9-12H2,(H,22,24). The lowest BCUT2D eigenvalue weighted by atomic mass is 10.0. The molecule has 0 amide bonds. The van der Waals surface area contributed by atoms with Gasteiger partial charge in [0.1, 0.15) is 10.4 Å². The number of aromatic nitrogens is 2. The molecule has 5 rings (SSSR count). The summed E-state index contributed by atoms with van der Waals surface area (Å²) in [6, 6.07) is 3.96. The number of H-pyrrole nitrogens is 1. The molecule has 6 heteroatoms. The van der Waals surface area contributed by atoms with Crippen LogP contribution in [0.5, 0.6) is 5.75 Å². The third-order valence-corrected chi connectivity index (χ3v) is 6.56. The second-order valence-corrected chi connectivity index (χ2v) is 8.07. The molecule has 1 N–H and O–H groups in total. The lowest BCUT2D eigenvalue weighted by Crippen LogP contribution is -2.22. The van der Waals surface area contributed by atoms with Gasteiger partial charge < -0.3 is 9.72 Å². The van der Waals surface area contributed by atoms with Gasteiger partial charge in [-0.3, -0.25) is 14.7 Å². The number of likely N-dealkylation sites (tertiary alicyclic amines) is 1. The van der Waals surface area contributed by atoms with Crippen molar-refractivity contribution in [3.63, 3.8) is 0 Å². The molecule has 0 unspecified atom stereocenters. The summed E-state index contributed by atoms with van der Waals surface area (Å²) < 4.78 is 6.94. The first-order valence-corrected chi connectivity index (χ1v) is 10.1. The van der Waals surface area contributed by atoms with Crippen molar-refractivity contribution in [2.75, 3.05) is 19.7 Å². The van der Waals surface area contributed by atoms with Crippen molar-refractivity contribution in [3.8, 4) is 16.2 Å². The third-order valence-electron chi connectivity index (χ3n) is 5.34. The van der Waals surface area contributed by atoms with Crippen LogP contribution in [0.3, 0.4) is 0 Å². The number of hydrogen-bond donors (Lipinski definition) is 1. The summed E-state index contributed by atoms with van der Waals surface area (Å²) in [5, 5.41) is 1.04. The number of hydrogen-bond acceptors (Lipinski definition) is 5. The zero-order valence-electron chi connectivity index (χ0n) is 14.6. The molecule has 134 valence electrons. The van der Waals surface area contributed by atoms with E-state index >= 15 is 0 Å². The normalized spacial score (nSPS) is 17.4. The predicted octanol–water partition coefficient (Wildman–Crippen LogP) is 3.57. The molecule has 5 heterocycles. The first-order valence-electron chi connectivity index (χ1n) is 9.27. The second-order valence-electron chi connectivity index (χ2n) is 7.05. The number of thiophene rings is 1. The van der Waals surface area contributed by atoms with Gasteiger partial charge in [0.25, 0.3) is 5.56 Å². The van der Waals surface area contributed by atoms with Crippen molar-refractivity contribution in [2.45, 2.75) is 32.2 Å². The van der Waals surface area contributed by atoms with E-state index in [1.807, 2.05) is 12.1 Å². The minimum absolute atomic E-state index is 0.00926. The maximum atomic E-state index is 12.8. The Hall–Kier alpha value is -2.18. The highest BCUT2D eigenvalue weighted by Gasteiger charge is 2.25. The predicted molar refractivity (Wildman–Crippen MR) is 104 cm³/mol. The molecule has 3 aromatic heterocycles. The molecular weight excluding hydrogens is 346 g/mol. The van der Waals surface area contributed by atoms with Crippen LogP contribution in [0.4, 0.5) is 0 Å². The van der Waals surface area contributed by atoms with Crippen LogP contribution in [0.1, 0.15) is 30.5 Å². The summed E-state index contributed by atoms with van der Waals surface area (Å²) >= 11 is 1.53. The van der Waals surface area contributed by atoms with Gasteiger partial charge in [-0.25, -0.2) is 0 Å². The van der Waals surface area contributed by atoms with Gasteiger partial charge >= 0.3 is 0 Å². The van der Waals surface area contributed by atoms with E-state index < -0.39 is 0 Å². The number of rotatable bonds is 3. The molecule has 2 aliphatic rings. The largest absolute Gasteiger partial charge is 0.491 e. The van der Waals surface area contributed by atoms with Gasteiger partial charge in [-0.15, -0.1) is 11.3 Å². The van der Waals surface area contributed by atoms with Gasteiger partial charge in [0.15, 0.2) is 0 Å². The van der Waals surface area contributed by atoms with Crippen LogP contribution in [0, 0.1) is 0 Å². The van der Waals surface area contributed by atoms with Crippen LogP contribution < -0.4 is 10.3 Å². The van der Waals surface area contributed by atoms with Crippen molar-refractivity contribution >= 4 is 21.4 Å². The topological polar surface area (TPSA) is 58.2 Å². The highest BCUT2D eigenvalue weighted by molar-refractivity contribution is 7.22. The molecule has 5 nitrogen and oxygen atoms in total. The van der Waals surface area contributed by atoms with Crippen LogP contribution in [-0.4, -0.2) is 34.6 Å². The van der Waals surface area contributed by atoms with Gasteiger partial charge in [-0.05, 0) is 62.0 Å².